The van der Waals surface area contributed by atoms with Gasteiger partial charge in [0.15, 0.2) is 0 Å². The van der Waals surface area contributed by atoms with Gasteiger partial charge in [0.2, 0.25) is 0 Å². The maximum Gasteiger partial charge on any atom is 0.416 e. The van der Waals surface area contributed by atoms with Crippen molar-refractivity contribution in [2.75, 3.05) is 0 Å². The standard InChI is InChI=1S/C29H24F4/c1-2-3-4-20-5-10-22(11-6-20)24-15-18-27-25(19-24)14-13-23(28(27)30)12-7-21-8-16-26(17-9-21)29(31,32)33/h2,5-6,8-11,13-19H,1,3-4,7,12H2. The summed E-state index contributed by atoms with van der Waals surface area (Å²) < 4.78 is 53.3. The first-order chi connectivity index (χ1) is 15.8. The van der Waals surface area contributed by atoms with E-state index in [2.05, 4.69) is 30.8 Å². The third-order valence-corrected chi connectivity index (χ3v) is 5.92. The molecule has 0 amide bonds. The number of halogens is 4. The van der Waals surface area contributed by atoms with Crippen molar-refractivity contribution in [2.24, 2.45) is 0 Å². The van der Waals surface area contributed by atoms with Crippen LogP contribution in [-0.4, -0.2) is 0 Å². The van der Waals surface area contributed by atoms with Crippen LogP contribution in [0.25, 0.3) is 21.9 Å². The Morgan fingerprint density at radius 3 is 2.00 bits per heavy atom. The first kappa shape index (κ1) is 22.8. The quantitative estimate of drug-likeness (QED) is 0.196. The van der Waals surface area contributed by atoms with E-state index in [1.807, 2.05) is 24.3 Å². The third-order valence-electron chi connectivity index (χ3n) is 5.92. The minimum absolute atomic E-state index is 0.272. The van der Waals surface area contributed by atoms with E-state index in [1.165, 1.54) is 17.7 Å². The van der Waals surface area contributed by atoms with Crippen LogP contribution in [0.1, 0.15) is 28.7 Å². The third kappa shape index (κ3) is 5.33. The van der Waals surface area contributed by atoms with E-state index in [-0.39, 0.29) is 5.82 Å². The SMILES string of the molecule is C=CCCc1ccc(-c2ccc3c(F)c(CCc4ccc(C(F)(F)F)cc4)ccc3c2)cc1. The Morgan fingerprint density at radius 2 is 1.33 bits per heavy atom. The number of aryl methyl sites for hydroxylation is 3. The van der Waals surface area contributed by atoms with E-state index in [0.717, 1.165) is 47.1 Å². The fourth-order valence-electron chi connectivity index (χ4n) is 3.98. The van der Waals surface area contributed by atoms with Crippen LogP contribution in [0.2, 0.25) is 0 Å². The molecule has 0 saturated heterocycles. The van der Waals surface area contributed by atoms with Gasteiger partial charge in [0.25, 0.3) is 0 Å². The zero-order valence-electron chi connectivity index (χ0n) is 18.1. The van der Waals surface area contributed by atoms with Gasteiger partial charge in [0, 0.05) is 5.39 Å². The molecule has 0 aromatic heterocycles. The van der Waals surface area contributed by atoms with E-state index in [4.69, 9.17) is 0 Å². The molecule has 0 saturated carbocycles. The molecule has 168 valence electrons. The highest BCUT2D eigenvalue weighted by Crippen LogP contribution is 2.30. The molecule has 4 aromatic carbocycles. The lowest BCUT2D eigenvalue weighted by atomic mass is 9.96. The summed E-state index contributed by atoms with van der Waals surface area (Å²) in [6.45, 7) is 3.75. The number of alkyl halides is 3. The first-order valence-electron chi connectivity index (χ1n) is 10.9. The summed E-state index contributed by atoms with van der Waals surface area (Å²) in [5.74, 6) is -0.272. The van der Waals surface area contributed by atoms with Crippen molar-refractivity contribution in [1.82, 2.24) is 0 Å². The van der Waals surface area contributed by atoms with Crippen molar-refractivity contribution in [1.29, 1.82) is 0 Å². The van der Waals surface area contributed by atoms with Gasteiger partial charge in [0.1, 0.15) is 5.82 Å². The van der Waals surface area contributed by atoms with Crippen LogP contribution < -0.4 is 0 Å². The maximum atomic E-state index is 15.1. The van der Waals surface area contributed by atoms with E-state index in [9.17, 15) is 13.2 Å². The molecule has 0 nitrogen and oxygen atoms in total. The lowest BCUT2D eigenvalue weighted by molar-refractivity contribution is -0.137. The highest BCUT2D eigenvalue weighted by molar-refractivity contribution is 5.88. The Kier molecular flexibility index (Phi) is 6.64. The van der Waals surface area contributed by atoms with Gasteiger partial charge >= 0.3 is 6.18 Å². The highest BCUT2D eigenvalue weighted by atomic mass is 19.4. The molecule has 0 atom stereocenters. The Balaban J connectivity index is 1.50. The minimum atomic E-state index is -4.35. The van der Waals surface area contributed by atoms with Crippen LogP contribution in [0.3, 0.4) is 0 Å². The van der Waals surface area contributed by atoms with Crippen LogP contribution in [0.5, 0.6) is 0 Å². The number of benzene rings is 4. The van der Waals surface area contributed by atoms with E-state index >= 15 is 4.39 Å². The summed E-state index contributed by atoms with van der Waals surface area (Å²) in [6.07, 6.45) is 0.342. The average molecular weight is 449 g/mol. The molecule has 0 heterocycles. The maximum absolute atomic E-state index is 15.1. The molecule has 0 radical (unpaired) electrons. The number of hydrogen-bond donors (Lipinski definition) is 0. The monoisotopic (exact) mass is 448 g/mol. The summed E-state index contributed by atoms with van der Waals surface area (Å²) in [4.78, 5) is 0. The number of allylic oxidation sites excluding steroid dienone is 1. The van der Waals surface area contributed by atoms with Crippen molar-refractivity contribution in [2.45, 2.75) is 31.9 Å². The lowest BCUT2D eigenvalue weighted by Crippen LogP contribution is -2.04. The lowest BCUT2D eigenvalue weighted by Gasteiger charge is -2.10. The molecule has 0 bridgehead atoms. The molecule has 0 aliphatic rings. The van der Waals surface area contributed by atoms with Crippen LogP contribution in [0, 0.1) is 5.82 Å². The van der Waals surface area contributed by atoms with Crippen LogP contribution >= 0.6 is 0 Å². The molecular formula is C29H24F4. The van der Waals surface area contributed by atoms with Gasteiger partial charge < -0.3 is 0 Å². The zero-order valence-corrected chi connectivity index (χ0v) is 18.1. The molecule has 0 fully saturated rings. The Bertz CT molecular complexity index is 1250. The van der Waals surface area contributed by atoms with E-state index < -0.39 is 11.7 Å². The number of rotatable bonds is 7. The zero-order chi connectivity index (χ0) is 23.4. The molecule has 0 aliphatic carbocycles. The predicted molar refractivity (Wildman–Crippen MR) is 127 cm³/mol. The van der Waals surface area contributed by atoms with Crippen molar-refractivity contribution in [3.63, 3.8) is 0 Å². The Labute approximate surface area is 191 Å². The molecule has 4 rings (SSSR count). The van der Waals surface area contributed by atoms with Crippen LogP contribution in [-0.2, 0) is 25.4 Å². The Hall–Kier alpha value is -3.40. The topological polar surface area (TPSA) is 0 Å². The van der Waals surface area contributed by atoms with Gasteiger partial charge in [-0.2, -0.15) is 13.2 Å². The van der Waals surface area contributed by atoms with E-state index in [0.29, 0.717) is 23.8 Å². The van der Waals surface area contributed by atoms with Gasteiger partial charge in [-0.1, -0.05) is 66.7 Å². The second kappa shape index (κ2) is 9.62. The van der Waals surface area contributed by atoms with Gasteiger partial charge in [-0.3, -0.25) is 0 Å². The Morgan fingerprint density at radius 1 is 0.697 bits per heavy atom. The largest absolute Gasteiger partial charge is 0.416 e. The van der Waals surface area contributed by atoms with Crippen molar-refractivity contribution in [3.05, 3.63) is 120 Å². The van der Waals surface area contributed by atoms with Gasteiger partial charge in [-0.25, -0.2) is 4.39 Å². The fraction of sp³-hybridized carbons (Fsp3) is 0.172. The van der Waals surface area contributed by atoms with Crippen molar-refractivity contribution < 1.29 is 17.6 Å². The van der Waals surface area contributed by atoms with Gasteiger partial charge in [-0.15, -0.1) is 6.58 Å². The van der Waals surface area contributed by atoms with Gasteiger partial charge in [-0.05, 0) is 77.1 Å². The van der Waals surface area contributed by atoms with Crippen LogP contribution in [0.15, 0.2) is 91.5 Å². The second-order valence-electron chi connectivity index (χ2n) is 8.19. The summed E-state index contributed by atoms with van der Waals surface area (Å²) >= 11 is 0. The molecule has 0 unspecified atom stereocenters. The van der Waals surface area contributed by atoms with Crippen molar-refractivity contribution in [3.8, 4) is 11.1 Å². The molecule has 0 spiro atoms. The average Bonchev–Trinajstić information content (AvgIpc) is 2.82. The predicted octanol–water partition coefficient (Wildman–Crippen LogP) is 8.57. The van der Waals surface area contributed by atoms with Gasteiger partial charge in [0.05, 0.1) is 5.56 Å². The molecule has 4 aromatic rings. The highest BCUT2D eigenvalue weighted by Gasteiger charge is 2.29. The smallest absolute Gasteiger partial charge is 0.206 e. The molecule has 4 heteroatoms. The summed E-state index contributed by atoms with van der Waals surface area (Å²) in [5.41, 5.74) is 3.98. The second-order valence-corrected chi connectivity index (χ2v) is 8.19. The molecule has 33 heavy (non-hydrogen) atoms. The first-order valence-corrected chi connectivity index (χ1v) is 10.9. The van der Waals surface area contributed by atoms with E-state index in [1.54, 1.807) is 12.1 Å². The molecule has 0 aliphatic heterocycles. The fourth-order valence-corrected chi connectivity index (χ4v) is 3.98. The van der Waals surface area contributed by atoms with Crippen LogP contribution in [0.4, 0.5) is 17.6 Å². The summed E-state index contributed by atoms with van der Waals surface area (Å²) in [7, 11) is 0. The summed E-state index contributed by atoms with van der Waals surface area (Å²) in [5, 5.41) is 1.37. The molecular weight excluding hydrogens is 424 g/mol. The van der Waals surface area contributed by atoms with Crippen molar-refractivity contribution >= 4 is 10.8 Å². The number of fused-ring (bicyclic) bond motifs is 1. The minimum Gasteiger partial charge on any atom is -0.206 e. The molecule has 0 N–H and O–H groups in total. The summed E-state index contributed by atoms with van der Waals surface area (Å²) in [6, 6.07) is 22.8. The normalized spacial score (nSPS) is 11.6. The number of hydrogen-bond acceptors (Lipinski definition) is 0.